The number of rotatable bonds is 4. The van der Waals surface area contributed by atoms with Crippen molar-refractivity contribution in [3.8, 4) is 16.9 Å². The summed E-state index contributed by atoms with van der Waals surface area (Å²) in [5.74, 6) is 3.42. The molecule has 0 aliphatic carbocycles. The van der Waals surface area contributed by atoms with E-state index in [1.807, 2.05) is 43.0 Å². The molecule has 0 unspecified atom stereocenters. The Bertz CT molecular complexity index is 1120. The molecule has 0 atom stereocenters. The smallest absolute Gasteiger partial charge is 0.165 e. The second kappa shape index (κ2) is 7.97. The van der Waals surface area contributed by atoms with Gasteiger partial charge in [-0.1, -0.05) is 12.1 Å². The van der Waals surface area contributed by atoms with Crippen LogP contribution in [0, 0.1) is 6.92 Å². The van der Waals surface area contributed by atoms with E-state index in [0.29, 0.717) is 0 Å². The average Bonchev–Trinajstić information content (AvgIpc) is 3.10. The fourth-order valence-electron chi connectivity index (χ4n) is 3.83. The molecule has 0 amide bonds. The molecule has 0 saturated carbocycles. The first kappa shape index (κ1) is 18.3. The van der Waals surface area contributed by atoms with Crippen molar-refractivity contribution >= 4 is 22.9 Å². The largest absolute Gasteiger partial charge is 0.297 e. The molecule has 0 N–H and O–H groups in total. The highest BCUT2D eigenvalue weighted by atomic mass is 32.2. The zero-order chi connectivity index (χ0) is 19.6. The Labute approximate surface area is 174 Å². The van der Waals surface area contributed by atoms with Gasteiger partial charge >= 0.3 is 0 Å². The van der Waals surface area contributed by atoms with Crippen LogP contribution in [-0.4, -0.2) is 49.0 Å². The Morgan fingerprint density at radius 2 is 1.66 bits per heavy atom. The number of pyridine rings is 2. The number of aromatic nitrogens is 4. The van der Waals surface area contributed by atoms with Crippen molar-refractivity contribution in [3.05, 3.63) is 72.3 Å². The number of hydrogen-bond acceptors (Lipinski definition) is 5. The second-order valence-electron chi connectivity index (χ2n) is 7.32. The van der Waals surface area contributed by atoms with Crippen LogP contribution in [0.15, 0.2) is 60.9 Å². The fraction of sp³-hybridized carbons (Fsp3) is 0.261. The van der Waals surface area contributed by atoms with Crippen LogP contribution in [0.4, 0.5) is 0 Å². The van der Waals surface area contributed by atoms with Gasteiger partial charge in [0.05, 0.1) is 5.69 Å². The monoisotopic (exact) mass is 401 g/mol. The average molecular weight is 402 g/mol. The van der Waals surface area contributed by atoms with Gasteiger partial charge in [0.1, 0.15) is 11.3 Å². The van der Waals surface area contributed by atoms with Gasteiger partial charge in [-0.2, -0.15) is 11.8 Å². The highest BCUT2D eigenvalue weighted by molar-refractivity contribution is 7.99. The first-order valence-corrected chi connectivity index (χ1v) is 11.1. The summed E-state index contributed by atoms with van der Waals surface area (Å²) in [7, 11) is 0. The molecule has 6 heteroatoms. The maximum atomic E-state index is 4.92. The molecule has 3 aromatic heterocycles. The van der Waals surface area contributed by atoms with Gasteiger partial charge in [0, 0.05) is 54.8 Å². The lowest BCUT2D eigenvalue weighted by Crippen LogP contribution is -2.31. The molecule has 0 spiro atoms. The molecule has 4 aromatic rings. The van der Waals surface area contributed by atoms with Gasteiger partial charge in [0.2, 0.25) is 0 Å². The summed E-state index contributed by atoms with van der Waals surface area (Å²) in [4.78, 5) is 16.3. The first-order chi connectivity index (χ1) is 14.3. The molecule has 146 valence electrons. The van der Waals surface area contributed by atoms with E-state index in [2.05, 4.69) is 38.7 Å². The summed E-state index contributed by atoms with van der Waals surface area (Å²) in [6.45, 7) is 5.42. The first-order valence-electron chi connectivity index (χ1n) is 9.94. The van der Waals surface area contributed by atoms with Crippen molar-refractivity contribution < 1.29 is 0 Å². The molecule has 4 heterocycles. The summed E-state index contributed by atoms with van der Waals surface area (Å²) in [6.07, 6.45) is 3.59. The number of nitrogens with zero attached hydrogens (tertiary/aromatic N) is 5. The summed E-state index contributed by atoms with van der Waals surface area (Å²) in [6, 6.07) is 16.9. The molecule has 0 radical (unpaired) electrons. The van der Waals surface area contributed by atoms with Gasteiger partial charge in [-0.25, -0.2) is 9.97 Å². The third-order valence-electron chi connectivity index (χ3n) is 5.35. The van der Waals surface area contributed by atoms with Crippen LogP contribution in [0.25, 0.3) is 28.1 Å². The normalized spacial score (nSPS) is 15.1. The fourth-order valence-corrected chi connectivity index (χ4v) is 4.81. The molecular formula is C23H23N5S. The van der Waals surface area contributed by atoms with Crippen LogP contribution in [0.2, 0.25) is 0 Å². The van der Waals surface area contributed by atoms with E-state index in [4.69, 9.17) is 9.97 Å². The van der Waals surface area contributed by atoms with Gasteiger partial charge in [-0.15, -0.1) is 0 Å². The van der Waals surface area contributed by atoms with Gasteiger partial charge < -0.3 is 0 Å². The van der Waals surface area contributed by atoms with Crippen LogP contribution < -0.4 is 0 Å². The van der Waals surface area contributed by atoms with Crippen molar-refractivity contribution in [1.82, 2.24) is 24.4 Å². The van der Waals surface area contributed by atoms with Crippen LogP contribution in [0.1, 0.15) is 11.4 Å². The van der Waals surface area contributed by atoms with E-state index in [1.54, 1.807) is 12.4 Å². The molecule has 0 bridgehead atoms. The Morgan fingerprint density at radius 1 is 0.897 bits per heavy atom. The quantitative estimate of drug-likeness (QED) is 0.509. The summed E-state index contributed by atoms with van der Waals surface area (Å²) in [5, 5.41) is 0. The van der Waals surface area contributed by atoms with E-state index < -0.39 is 0 Å². The Hall–Kier alpha value is -2.70. The Kier molecular flexibility index (Phi) is 5.04. The minimum absolute atomic E-state index is 0.887. The predicted octanol–water partition coefficient (Wildman–Crippen LogP) is 4.34. The van der Waals surface area contributed by atoms with E-state index in [0.717, 1.165) is 40.5 Å². The number of aryl methyl sites for hydroxylation is 1. The van der Waals surface area contributed by atoms with Gasteiger partial charge in [0.15, 0.2) is 5.65 Å². The topological polar surface area (TPSA) is 46.8 Å². The van der Waals surface area contributed by atoms with Crippen molar-refractivity contribution in [3.63, 3.8) is 0 Å². The Balaban J connectivity index is 1.48. The zero-order valence-corrected chi connectivity index (χ0v) is 17.3. The SMILES string of the molecule is Cc1nc2ccc(-c3ccncc3)nc2n1-c1ccc(CN2CCSCC2)cc1. The maximum Gasteiger partial charge on any atom is 0.165 e. The van der Waals surface area contributed by atoms with Crippen LogP contribution >= 0.6 is 11.8 Å². The minimum atomic E-state index is 0.887. The summed E-state index contributed by atoms with van der Waals surface area (Å²) in [5.41, 5.74) is 6.24. The number of fused-ring (bicyclic) bond motifs is 1. The highest BCUT2D eigenvalue weighted by Crippen LogP contribution is 2.24. The van der Waals surface area contributed by atoms with E-state index in [-0.39, 0.29) is 0 Å². The molecule has 5 nitrogen and oxygen atoms in total. The van der Waals surface area contributed by atoms with Crippen molar-refractivity contribution in [2.45, 2.75) is 13.5 Å². The van der Waals surface area contributed by atoms with Crippen molar-refractivity contribution in [1.29, 1.82) is 0 Å². The van der Waals surface area contributed by atoms with Crippen LogP contribution in [0.5, 0.6) is 0 Å². The van der Waals surface area contributed by atoms with Crippen molar-refractivity contribution in [2.75, 3.05) is 24.6 Å². The lowest BCUT2D eigenvalue weighted by Gasteiger charge is -2.26. The van der Waals surface area contributed by atoms with Crippen LogP contribution in [0.3, 0.4) is 0 Å². The van der Waals surface area contributed by atoms with E-state index >= 15 is 0 Å². The molecule has 5 rings (SSSR count). The molecular weight excluding hydrogens is 378 g/mol. The van der Waals surface area contributed by atoms with Gasteiger partial charge in [0.25, 0.3) is 0 Å². The van der Waals surface area contributed by atoms with Gasteiger partial charge in [-0.05, 0) is 48.9 Å². The third kappa shape index (κ3) is 3.78. The number of hydrogen-bond donors (Lipinski definition) is 0. The Morgan fingerprint density at radius 3 is 2.41 bits per heavy atom. The predicted molar refractivity (Wildman–Crippen MR) is 119 cm³/mol. The molecule has 1 aliphatic rings. The highest BCUT2D eigenvalue weighted by Gasteiger charge is 2.14. The minimum Gasteiger partial charge on any atom is -0.297 e. The number of benzene rings is 1. The zero-order valence-electron chi connectivity index (χ0n) is 16.5. The summed E-state index contributed by atoms with van der Waals surface area (Å²) < 4.78 is 2.14. The molecule has 29 heavy (non-hydrogen) atoms. The standard InChI is InChI=1S/C23H23N5S/c1-17-25-22-7-6-21(19-8-10-24-11-9-19)26-23(22)28(17)20-4-2-18(3-5-20)16-27-12-14-29-15-13-27/h2-11H,12-16H2,1H3. The second-order valence-corrected chi connectivity index (χ2v) is 8.55. The number of thioether (sulfide) groups is 1. The van der Waals surface area contributed by atoms with E-state index in [1.165, 1.54) is 30.2 Å². The molecule has 1 aromatic carbocycles. The lowest BCUT2D eigenvalue weighted by atomic mass is 10.1. The number of imidazole rings is 1. The van der Waals surface area contributed by atoms with E-state index in [9.17, 15) is 0 Å². The third-order valence-corrected chi connectivity index (χ3v) is 6.30. The molecule has 1 saturated heterocycles. The molecule has 1 aliphatic heterocycles. The van der Waals surface area contributed by atoms with Crippen molar-refractivity contribution in [2.24, 2.45) is 0 Å². The lowest BCUT2D eigenvalue weighted by molar-refractivity contribution is 0.294. The van der Waals surface area contributed by atoms with Gasteiger partial charge in [-0.3, -0.25) is 14.5 Å². The van der Waals surface area contributed by atoms with Crippen LogP contribution in [-0.2, 0) is 6.54 Å². The molecule has 1 fully saturated rings. The maximum absolute atomic E-state index is 4.92. The summed E-state index contributed by atoms with van der Waals surface area (Å²) >= 11 is 2.05.